The van der Waals surface area contributed by atoms with Gasteiger partial charge in [-0.15, -0.1) is 0 Å². The van der Waals surface area contributed by atoms with Gasteiger partial charge >= 0.3 is 0 Å². The second-order valence-corrected chi connectivity index (χ2v) is 5.54. The van der Waals surface area contributed by atoms with E-state index in [2.05, 4.69) is 5.32 Å². The molecule has 0 heterocycles. The van der Waals surface area contributed by atoms with Crippen LogP contribution in [0.2, 0.25) is 0 Å². The van der Waals surface area contributed by atoms with Gasteiger partial charge in [-0.25, -0.2) is 4.39 Å². The Kier molecular flexibility index (Phi) is 5.42. The summed E-state index contributed by atoms with van der Waals surface area (Å²) < 4.78 is 18.8. The SMILES string of the molecule is O=C(Nc1ccc(F)cc1)c1ccccc1OCCc1ccccc1. The number of benzene rings is 3. The van der Waals surface area contributed by atoms with Gasteiger partial charge in [-0.1, -0.05) is 42.5 Å². The molecule has 0 bridgehead atoms. The predicted octanol–water partition coefficient (Wildman–Crippen LogP) is 4.70. The monoisotopic (exact) mass is 335 g/mol. The lowest BCUT2D eigenvalue weighted by molar-refractivity contribution is 0.102. The molecule has 0 radical (unpaired) electrons. The van der Waals surface area contributed by atoms with Gasteiger partial charge in [-0.2, -0.15) is 0 Å². The van der Waals surface area contributed by atoms with Gasteiger partial charge in [0.2, 0.25) is 0 Å². The third-order valence-corrected chi connectivity index (χ3v) is 3.72. The molecule has 0 saturated carbocycles. The number of carbonyl (C=O) groups is 1. The Morgan fingerprint density at radius 2 is 1.56 bits per heavy atom. The van der Waals surface area contributed by atoms with E-state index in [-0.39, 0.29) is 11.7 Å². The summed E-state index contributed by atoms with van der Waals surface area (Å²) in [5, 5.41) is 2.75. The Morgan fingerprint density at radius 3 is 2.32 bits per heavy atom. The lowest BCUT2D eigenvalue weighted by atomic mass is 10.1. The topological polar surface area (TPSA) is 38.3 Å². The van der Waals surface area contributed by atoms with Gasteiger partial charge in [-0.3, -0.25) is 4.79 Å². The Hall–Kier alpha value is -3.14. The van der Waals surface area contributed by atoms with Crippen molar-refractivity contribution in [1.82, 2.24) is 0 Å². The molecule has 3 aromatic rings. The third-order valence-electron chi connectivity index (χ3n) is 3.72. The van der Waals surface area contributed by atoms with Crippen molar-refractivity contribution in [2.24, 2.45) is 0 Å². The van der Waals surface area contributed by atoms with Crippen LogP contribution < -0.4 is 10.1 Å². The van der Waals surface area contributed by atoms with Crippen LogP contribution in [0.3, 0.4) is 0 Å². The fourth-order valence-electron chi connectivity index (χ4n) is 2.44. The zero-order valence-corrected chi connectivity index (χ0v) is 13.6. The van der Waals surface area contributed by atoms with E-state index in [1.165, 1.54) is 29.8 Å². The first-order chi connectivity index (χ1) is 12.2. The van der Waals surface area contributed by atoms with Crippen LogP contribution in [0, 0.1) is 5.82 Å². The van der Waals surface area contributed by atoms with Crippen LogP contribution in [0.25, 0.3) is 0 Å². The van der Waals surface area contributed by atoms with Gasteiger partial charge in [0.1, 0.15) is 11.6 Å². The van der Waals surface area contributed by atoms with Gasteiger partial charge in [0.15, 0.2) is 0 Å². The quantitative estimate of drug-likeness (QED) is 0.709. The number of anilines is 1. The molecule has 0 spiro atoms. The number of carbonyl (C=O) groups excluding carboxylic acids is 1. The zero-order valence-electron chi connectivity index (χ0n) is 13.6. The maximum Gasteiger partial charge on any atom is 0.259 e. The van der Waals surface area contributed by atoms with Crippen molar-refractivity contribution in [1.29, 1.82) is 0 Å². The Morgan fingerprint density at radius 1 is 0.880 bits per heavy atom. The van der Waals surface area contributed by atoms with Crippen molar-refractivity contribution in [3.8, 4) is 5.75 Å². The molecular formula is C21H18FNO2. The highest BCUT2D eigenvalue weighted by Gasteiger charge is 2.12. The average molecular weight is 335 g/mol. The van der Waals surface area contributed by atoms with Crippen LogP contribution in [-0.2, 0) is 6.42 Å². The fraction of sp³-hybridized carbons (Fsp3) is 0.0952. The lowest BCUT2D eigenvalue weighted by Crippen LogP contribution is -2.14. The number of halogens is 1. The first kappa shape index (κ1) is 16.7. The molecule has 0 unspecified atom stereocenters. The van der Waals surface area contributed by atoms with Crippen LogP contribution >= 0.6 is 0 Å². The van der Waals surface area contributed by atoms with E-state index in [1.807, 2.05) is 36.4 Å². The third kappa shape index (κ3) is 4.67. The summed E-state index contributed by atoms with van der Waals surface area (Å²) in [5.41, 5.74) is 2.15. The molecule has 0 aliphatic carbocycles. The Labute approximate surface area is 146 Å². The van der Waals surface area contributed by atoms with E-state index in [1.54, 1.807) is 18.2 Å². The summed E-state index contributed by atoms with van der Waals surface area (Å²) in [4.78, 5) is 12.5. The zero-order chi connectivity index (χ0) is 17.5. The minimum atomic E-state index is -0.345. The summed E-state index contributed by atoms with van der Waals surface area (Å²) >= 11 is 0. The van der Waals surface area contributed by atoms with E-state index >= 15 is 0 Å². The molecule has 3 aromatic carbocycles. The second-order valence-electron chi connectivity index (χ2n) is 5.54. The minimum absolute atomic E-state index is 0.290. The normalized spacial score (nSPS) is 10.3. The van der Waals surface area contributed by atoms with E-state index in [4.69, 9.17) is 4.74 Å². The van der Waals surface area contributed by atoms with Gasteiger partial charge in [-0.05, 0) is 42.0 Å². The van der Waals surface area contributed by atoms with Crippen LogP contribution in [0.4, 0.5) is 10.1 Å². The highest BCUT2D eigenvalue weighted by atomic mass is 19.1. The van der Waals surface area contributed by atoms with Gasteiger partial charge < -0.3 is 10.1 Å². The molecular weight excluding hydrogens is 317 g/mol. The van der Waals surface area contributed by atoms with Crippen molar-refractivity contribution >= 4 is 11.6 Å². The molecule has 3 rings (SSSR count). The maximum absolute atomic E-state index is 13.0. The molecule has 25 heavy (non-hydrogen) atoms. The smallest absolute Gasteiger partial charge is 0.259 e. The number of hydrogen-bond donors (Lipinski definition) is 1. The number of amides is 1. The molecule has 0 aliphatic heterocycles. The molecule has 3 nitrogen and oxygen atoms in total. The first-order valence-corrected chi connectivity index (χ1v) is 8.05. The Bertz CT molecular complexity index is 832. The van der Waals surface area contributed by atoms with Crippen LogP contribution in [0.1, 0.15) is 15.9 Å². The summed E-state index contributed by atoms with van der Waals surface area (Å²) in [6.45, 7) is 0.477. The predicted molar refractivity (Wildman–Crippen MR) is 96.4 cm³/mol. The van der Waals surface area contributed by atoms with E-state index < -0.39 is 0 Å². The van der Waals surface area contributed by atoms with Crippen molar-refractivity contribution in [3.63, 3.8) is 0 Å². The average Bonchev–Trinajstić information content (AvgIpc) is 2.65. The summed E-state index contributed by atoms with van der Waals surface area (Å²) in [6.07, 6.45) is 0.759. The molecule has 4 heteroatoms. The van der Waals surface area contributed by atoms with Gasteiger partial charge in [0.05, 0.1) is 12.2 Å². The fourth-order valence-corrected chi connectivity index (χ4v) is 2.44. The molecule has 126 valence electrons. The van der Waals surface area contributed by atoms with Gasteiger partial charge in [0.25, 0.3) is 5.91 Å². The summed E-state index contributed by atoms with van der Waals surface area (Å²) in [7, 11) is 0. The molecule has 0 fully saturated rings. The molecule has 1 N–H and O–H groups in total. The number of hydrogen-bond acceptors (Lipinski definition) is 2. The highest BCUT2D eigenvalue weighted by Crippen LogP contribution is 2.20. The Balaban J connectivity index is 1.65. The van der Waals surface area contributed by atoms with Crippen molar-refractivity contribution in [3.05, 3.63) is 95.8 Å². The molecule has 0 atom stereocenters. The van der Waals surface area contributed by atoms with Crippen LogP contribution in [0.5, 0.6) is 5.75 Å². The van der Waals surface area contributed by atoms with Crippen LogP contribution in [-0.4, -0.2) is 12.5 Å². The lowest BCUT2D eigenvalue weighted by Gasteiger charge is -2.12. The van der Waals surface area contributed by atoms with Crippen LogP contribution in [0.15, 0.2) is 78.9 Å². The number of nitrogens with one attached hydrogen (secondary N) is 1. The molecule has 0 aliphatic rings. The molecule has 0 saturated heterocycles. The summed E-state index contributed by atoms with van der Waals surface area (Å²) in [5.74, 6) is -0.109. The van der Waals surface area contributed by atoms with Gasteiger partial charge in [0, 0.05) is 12.1 Å². The second kappa shape index (κ2) is 8.11. The summed E-state index contributed by atoms with van der Waals surface area (Å²) in [6, 6.07) is 22.7. The minimum Gasteiger partial charge on any atom is -0.492 e. The molecule has 0 aromatic heterocycles. The highest BCUT2D eigenvalue weighted by molar-refractivity contribution is 6.06. The van der Waals surface area contributed by atoms with Crippen molar-refractivity contribution < 1.29 is 13.9 Å². The van der Waals surface area contributed by atoms with E-state index in [9.17, 15) is 9.18 Å². The van der Waals surface area contributed by atoms with E-state index in [0.29, 0.717) is 23.6 Å². The standard InChI is InChI=1S/C21H18FNO2/c22-17-10-12-18(13-11-17)23-21(24)19-8-4-5-9-20(19)25-15-14-16-6-2-1-3-7-16/h1-13H,14-15H2,(H,23,24). The number of ether oxygens (including phenoxy) is 1. The first-order valence-electron chi connectivity index (χ1n) is 8.05. The largest absolute Gasteiger partial charge is 0.492 e. The maximum atomic E-state index is 13.0. The number of rotatable bonds is 6. The van der Waals surface area contributed by atoms with Crippen molar-refractivity contribution in [2.45, 2.75) is 6.42 Å². The van der Waals surface area contributed by atoms with Crippen molar-refractivity contribution in [2.75, 3.05) is 11.9 Å². The molecule has 1 amide bonds. The number of para-hydroxylation sites is 1. The van der Waals surface area contributed by atoms with E-state index in [0.717, 1.165) is 6.42 Å².